The highest BCUT2D eigenvalue weighted by Gasteiger charge is 2.32. The molecular formula is C28H27ClN2O2S. The highest BCUT2D eigenvalue weighted by Crippen LogP contribution is 2.39. The Balaban J connectivity index is 1.25. The molecular weight excluding hydrogens is 464 g/mol. The molecule has 1 heterocycles. The van der Waals surface area contributed by atoms with Gasteiger partial charge in [-0.1, -0.05) is 54.1 Å². The topological polar surface area (TPSA) is 49.4 Å². The number of rotatable bonds is 6. The summed E-state index contributed by atoms with van der Waals surface area (Å²) in [4.78, 5) is 27.3. The van der Waals surface area contributed by atoms with E-state index in [0.29, 0.717) is 22.9 Å². The normalized spacial score (nSPS) is 18.1. The Morgan fingerprint density at radius 1 is 1.06 bits per heavy atom. The number of benzene rings is 3. The molecule has 1 N–H and O–H groups in total. The molecule has 174 valence electrons. The molecule has 0 spiro atoms. The molecule has 2 atom stereocenters. The van der Waals surface area contributed by atoms with Crippen LogP contribution in [0.2, 0.25) is 5.02 Å². The lowest BCUT2D eigenvalue weighted by molar-refractivity contribution is -0.128. The fourth-order valence-corrected chi connectivity index (χ4v) is 6.03. The number of nitrogens with one attached hydrogen (secondary N) is 1. The molecule has 1 saturated heterocycles. The molecule has 0 saturated carbocycles. The fraction of sp³-hybridized carbons (Fsp3) is 0.286. The third kappa shape index (κ3) is 4.86. The number of fused-ring (bicyclic) bond motifs is 1. The van der Waals surface area contributed by atoms with Gasteiger partial charge in [-0.3, -0.25) is 9.59 Å². The molecule has 3 aromatic rings. The number of aryl methyl sites for hydroxylation is 2. The Labute approximate surface area is 209 Å². The number of hydrogen-bond acceptors (Lipinski definition) is 3. The highest BCUT2D eigenvalue weighted by molar-refractivity contribution is 8.00. The fourth-order valence-electron chi connectivity index (χ4n) is 4.71. The maximum absolute atomic E-state index is 12.9. The molecule has 3 aromatic carbocycles. The third-order valence-electron chi connectivity index (χ3n) is 6.66. The molecule has 4 nitrogen and oxygen atoms in total. The van der Waals surface area contributed by atoms with Crippen molar-refractivity contribution in [1.29, 1.82) is 0 Å². The third-order valence-corrected chi connectivity index (χ3v) is 8.17. The number of carbonyl (C=O) groups is 2. The van der Waals surface area contributed by atoms with Gasteiger partial charge >= 0.3 is 0 Å². The maximum atomic E-state index is 12.9. The summed E-state index contributed by atoms with van der Waals surface area (Å²) < 4.78 is 0. The van der Waals surface area contributed by atoms with E-state index in [0.717, 1.165) is 29.5 Å². The van der Waals surface area contributed by atoms with E-state index in [1.165, 1.54) is 17.5 Å². The van der Waals surface area contributed by atoms with Gasteiger partial charge in [-0.15, -0.1) is 11.8 Å². The van der Waals surface area contributed by atoms with E-state index in [-0.39, 0.29) is 23.2 Å². The minimum Gasteiger partial charge on any atom is -0.346 e. The van der Waals surface area contributed by atoms with Gasteiger partial charge in [0.25, 0.3) is 5.91 Å². The van der Waals surface area contributed by atoms with Crippen LogP contribution in [-0.4, -0.2) is 22.5 Å². The SMILES string of the molecule is C[C@H](NC(=O)c1ccc([C@H]2SCC(=O)N2Cc2ccc(Cl)cc2)cc1)c1ccc2c(c1)CCC2. The van der Waals surface area contributed by atoms with Crippen molar-refractivity contribution in [2.24, 2.45) is 0 Å². The smallest absolute Gasteiger partial charge is 0.251 e. The average Bonchev–Trinajstić information content (AvgIpc) is 3.46. The first-order chi connectivity index (χ1) is 16.5. The minimum atomic E-state index is -0.0901. The standard InChI is InChI=1S/C28H27ClN2O2S/c1-18(23-12-7-20-3-2-4-24(20)15-23)30-27(33)21-8-10-22(11-9-21)28-31(26(32)17-34-28)16-19-5-13-25(29)14-6-19/h5-15,18,28H,2-4,16-17H2,1H3,(H,30,33)/t18-,28+/m0/s1. The summed E-state index contributed by atoms with van der Waals surface area (Å²) in [5.41, 5.74) is 6.68. The zero-order valence-corrected chi connectivity index (χ0v) is 20.7. The van der Waals surface area contributed by atoms with Crippen LogP contribution in [0.1, 0.15) is 62.9 Å². The van der Waals surface area contributed by atoms with Gasteiger partial charge in [0.2, 0.25) is 5.91 Å². The Kier molecular flexibility index (Phi) is 6.66. The molecule has 6 heteroatoms. The van der Waals surface area contributed by atoms with Crippen LogP contribution < -0.4 is 5.32 Å². The zero-order chi connectivity index (χ0) is 23.7. The number of thioether (sulfide) groups is 1. The summed E-state index contributed by atoms with van der Waals surface area (Å²) >= 11 is 7.61. The van der Waals surface area contributed by atoms with E-state index in [9.17, 15) is 9.59 Å². The van der Waals surface area contributed by atoms with Crippen molar-refractivity contribution in [3.63, 3.8) is 0 Å². The molecule has 0 aromatic heterocycles. The van der Waals surface area contributed by atoms with Gasteiger partial charge in [-0.2, -0.15) is 0 Å². The van der Waals surface area contributed by atoms with E-state index in [1.807, 2.05) is 60.4 Å². The molecule has 0 unspecified atom stereocenters. The molecule has 0 radical (unpaired) electrons. The Morgan fingerprint density at radius 3 is 2.56 bits per heavy atom. The lowest BCUT2D eigenvalue weighted by atomic mass is 10.0. The van der Waals surface area contributed by atoms with E-state index in [4.69, 9.17) is 11.6 Å². The van der Waals surface area contributed by atoms with Crippen molar-refractivity contribution in [3.8, 4) is 0 Å². The predicted octanol–water partition coefficient (Wildman–Crippen LogP) is 6.09. The zero-order valence-electron chi connectivity index (χ0n) is 19.1. The number of halogens is 1. The Morgan fingerprint density at radius 2 is 1.79 bits per heavy atom. The largest absolute Gasteiger partial charge is 0.346 e. The minimum absolute atomic E-state index is 0.0593. The maximum Gasteiger partial charge on any atom is 0.251 e. The predicted molar refractivity (Wildman–Crippen MR) is 138 cm³/mol. The van der Waals surface area contributed by atoms with Gasteiger partial charge < -0.3 is 10.2 Å². The molecule has 2 amide bonds. The van der Waals surface area contributed by atoms with Crippen LogP contribution in [-0.2, 0) is 24.2 Å². The lowest BCUT2D eigenvalue weighted by Crippen LogP contribution is -2.28. The first-order valence-electron chi connectivity index (χ1n) is 11.7. The second-order valence-corrected chi connectivity index (χ2v) is 10.5. The number of nitrogens with zero attached hydrogens (tertiary/aromatic N) is 1. The van der Waals surface area contributed by atoms with Crippen molar-refractivity contribution >= 4 is 35.2 Å². The van der Waals surface area contributed by atoms with Gasteiger partial charge in [0.15, 0.2) is 0 Å². The monoisotopic (exact) mass is 490 g/mol. The summed E-state index contributed by atoms with van der Waals surface area (Å²) in [6.45, 7) is 2.56. The first kappa shape index (κ1) is 23.0. The van der Waals surface area contributed by atoms with Crippen molar-refractivity contribution in [1.82, 2.24) is 10.2 Å². The Bertz CT molecular complexity index is 1210. The van der Waals surface area contributed by atoms with Crippen LogP contribution in [0.4, 0.5) is 0 Å². The number of carbonyl (C=O) groups excluding carboxylic acids is 2. The van der Waals surface area contributed by atoms with Crippen LogP contribution in [0.25, 0.3) is 0 Å². The highest BCUT2D eigenvalue weighted by atomic mass is 35.5. The van der Waals surface area contributed by atoms with Gasteiger partial charge in [0.05, 0.1) is 11.8 Å². The van der Waals surface area contributed by atoms with Crippen molar-refractivity contribution in [3.05, 3.63) is 105 Å². The number of hydrogen-bond donors (Lipinski definition) is 1. The summed E-state index contributed by atoms with van der Waals surface area (Å²) in [7, 11) is 0. The van der Waals surface area contributed by atoms with Crippen LogP contribution in [0.5, 0.6) is 0 Å². The quantitative estimate of drug-likeness (QED) is 0.454. The molecule has 2 aliphatic rings. The van der Waals surface area contributed by atoms with Crippen molar-refractivity contribution < 1.29 is 9.59 Å². The second-order valence-electron chi connectivity index (χ2n) is 9.01. The van der Waals surface area contributed by atoms with Crippen LogP contribution >= 0.6 is 23.4 Å². The molecule has 5 rings (SSSR count). The molecule has 1 fully saturated rings. The van der Waals surface area contributed by atoms with Crippen LogP contribution in [0.3, 0.4) is 0 Å². The molecule has 0 bridgehead atoms. The van der Waals surface area contributed by atoms with Gasteiger partial charge in [-0.05, 0) is 78.3 Å². The molecule has 1 aliphatic heterocycles. The van der Waals surface area contributed by atoms with Crippen LogP contribution in [0.15, 0.2) is 66.7 Å². The van der Waals surface area contributed by atoms with Crippen LogP contribution in [0, 0.1) is 0 Å². The number of amides is 2. The van der Waals surface area contributed by atoms with Gasteiger partial charge in [0.1, 0.15) is 5.37 Å². The van der Waals surface area contributed by atoms with Crippen molar-refractivity contribution in [2.45, 2.75) is 44.1 Å². The second kappa shape index (κ2) is 9.85. The summed E-state index contributed by atoms with van der Waals surface area (Å²) in [5, 5.41) is 3.74. The van der Waals surface area contributed by atoms with E-state index < -0.39 is 0 Å². The van der Waals surface area contributed by atoms with E-state index in [1.54, 1.807) is 11.8 Å². The summed E-state index contributed by atoms with van der Waals surface area (Å²) in [6, 6.07) is 21.7. The molecule has 34 heavy (non-hydrogen) atoms. The summed E-state index contributed by atoms with van der Waals surface area (Å²) in [5.74, 6) is 0.487. The first-order valence-corrected chi connectivity index (χ1v) is 13.1. The molecule has 1 aliphatic carbocycles. The van der Waals surface area contributed by atoms with Gasteiger partial charge in [0, 0.05) is 17.1 Å². The van der Waals surface area contributed by atoms with Crippen molar-refractivity contribution in [2.75, 3.05) is 5.75 Å². The van der Waals surface area contributed by atoms with E-state index in [2.05, 4.69) is 23.5 Å². The summed E-state index contributed by atoms with van der Waals surface area (Å²) in [6.07, 6.45) is 3.50. The lowest BCUT2D eigenvalue weighted by Gasteiger charge is -2.24. The van der Waals surface area contributed by atoms with E-state index >= 15 is 0 Å². The Hall–Kier alpha value is -2.76. The average molecular weight is 491 g/mol. The van der Waals surface area contributed by atoms with Gasteiger partial charge in [-0.25, -0.2) is 0 Å².